The highest BCUT2D eigenvalue weighted by Gasteiger charge is 2.14. The van der Waals surface area contributed by atoms with Crippen LogP contribution in [0.3, 0.4) is 0 Å². The predicted molar refractivity (Wildman–Crippen MR) is 116 cm³/mol. The fourth-order valence-corrected chi connectivity index (χ4v) is 2.95. The zero-order valence-electron chi connectivity index (χ0n) is 16.1. The number of anilines is 3. The molecule has 0 aliphatic carbocycles. The lowest BCUT2D eigenvalue weighted by Crippen LogP contribution is -2.15. The third-order valence-electron chi connectivity index (χ3n) is 3.95. The molecule has 1 aromatic heterocycles. The first-order valence-corrected chi connectivity index (χ1v) is 9.59. The van der Waals surface area contributed by atoms with E-state index >= 15 is 0 Å². The van der Waals surface area contributed by atoms with Crippen LogP contribution in [-0.4, -0.2) is 24.8 Å². The molecule has 8 nitrogen and oxygen atoms in total. The molecule has 3 amide bonds. The highest BCUT2D eigenvalue weighted by atomic mass is 79.9. The number of amides is 3. The van der Waals surface area contributed by atoms with E-state index in [9.17, 15) is 14.4 Å². The topological polar surface area (TPSA) is 110 Å². The van der Waals surface area contributed by atoms with Gasteiger partial charge in [-0.3, -0.25) is 14.4 Å². The minimum atomic E-state index is -0.442. The molecule has 0 aliphatic heterocycles. The molecule has 30 heavy (non-hydrogen) atoms. The molecule has 3 N–H and O–H groups in total. The van der Waals surface area contributed by atoms with Crippen molar-refractivity contribution in [3.8, 4) is 5.75 Å². The number of rotatable bonds is 6. The zero-order chi connectivity index (χ0) is 21.7. The van der Waals surface area contributed by atoms with E-state index in [1.807, 2.05) is 0 Å². The Morgan fingerprint density at radius 2 is 1.67 bits per heavy atom. The van der Waals surface area contributed by atoms with Gasteiger partial charge in [0, 0.05) is 23.9 Å². The van der Waals surface area contributed by atoms with Crippen molar-refractivity contribution in [2.75, 3.05) is 23.1 Å². The Balaban J connectivity index is 1.77. The SMILES string of the molecule is COc1ccc(NC(C)=O)cc1NC(=O)c1cccc(NC(=O)c2ccc(Br)o2)c1. The lowest BCUT2D eigenvalue weighted by atomic mass is 10.1. The lowest BCUT2D eigenvalue weighted by Gasteiger charge is -2.13. The average molecular weight is 472 g/mol. The highest BCUT2D eigenvalue weighted by molar-refractivity contribution is 9.10. The number of halogens is 1. The molecule has 1 heterocycles. The molecule has 0 spiro atoms. The van der Waals surface area contributed by atoms with E-state index in [0.717, 1.165) is 0 Å². The second-order valence-corrected chi connectivity index (χ2v) is 6.97. The summed E-state index contributed by atoms with van der Waals surface area (Å²) in [5, 5.41) is 8.08. The Morgan fingerprint density at radius 1 is 0.900 bits per heavy atom. The first-order valence-electron chi connectivity index (χ1n) is 8.79. The van der Waals surface area contributed by atoms with Gasteiger partial charge in [-0.25, -0.2) is 0 Å². The number of hydrogen-bond donors (Lipinski definition) is 3. The van der Waals surface area contributed by atoms with Gasteiger partial charge in [-0.2, -0.15) is 0 Å². The van der Waals surface area contributed by atoms with Crippen LogP contribution >= 0.6 is 15.9 Å². The van der Waals surface area contributed by atoms with Crippen LogP contribution in [0, 0.1) is 0 Å². The average Bonchev–Trinajstić information content (AvgIpc) is 3.14. The van der Waals surface area contributed by atoms with Crippen molar-refractivity contribution in [3.05, 3.63) is 70.6 Å². The minimum Gasteiger partial charge on any atom is -0.495 e. The van der Waals surface area contributed by atoms with Crippen molar-refractivity contribution in [2.24, 2.45) is 0 Å². The maximum atomic E-state index is 12.7. The van der Waals surface area contributed by atoms with Crippen LogP contribution in [0.2, 0.25) is 0 Å². The van der Waals surface area contributed by atoms with Crippen LogP contribution in [0.1, 0.15) is 27.8 Å². The largest absolute Gasteiger partial charge is 0.495 e. The maximum Gasteiger partial charge on any atom is 0.291 e. The monoisotopic (exact) mass is 471 g/mol. The summed E-state index contributed by atoms with van der Waals surface area (Å²) < 4.78 is 10.9. The van der Waals surface area contributed by atoms with Gasteiger partial charge >= 0.3 is 0 Å². The molecule has 2 aromatic carbocycles. The van der Waals surface area contributed by atoms with Gasteiger partial charge in [-0.05, 0) is 64.5 Å². The second-order valence-electron chi connectivity index (χ2n) is 6.19. The van der Waals surface area contributed by atoms with E-state index in [4.69, 9.17) is 9.15 Å². The number of ether oxygens (including phenoxy) is 1. The standard InChI is InChI=1S/C21H18BrN3O5/c1-12(26)23-15-6-7-17(29-2)16(11-15)25-20(27)13-4-3-5-14(10-13)24-21(28)18-8-9-19(22)30-18/h3-11H,1-2H3,(H,23,26)(H,24,28)(H,25,27). The Hall–Kier alpha value is -3.59. The molecule has 0 unspecified atom stereocenters. The second kappa shape index (κ2) is 9.27. The number of furan rings is 1. The Kier molecular flexibility index (Phi) is 6.53. The number of carbonyl (C=O) groups excluding carboxylic acids is 3. The van der Waals surface area contributed by atoms with Gasteiger partial charge in [0.25, 0.3) is 11.8 Å². The molecule has 0 saturated carbocycles. The number of benzene rings is 2. The smallest absolute Gasteiger partial charge is 0.291 e. The first kappa shape index (κ1) is 21.1. The van der Waals surface area contributed by atoms with E-state index in [-0.39, 0.29) is 11.7 Å². The number of nitrogens with one attached hydrogen (secondary N) is 3. The van der Waals surface area contributed by atoms with E-state index in [2.05, 4.69) is 31.9 Å². The first-order chi connectivity index (χ1) is 14.4. The van der Waals surface area contributed by atoms with Crippen LogP contribution < -0.4 is 20.7 Å². The summed E-state index contributed by atoms with van der Waals surface area (Å²) in [5.74, 6) is -0.515. The van der Waals surface area contributed by atoms with Crippen molar-refractivity contribution >= 4 is 50.7 Å². The Bertz CT molecular complexity index is 1110. The van der Waals surface area contributed by atoms with Gasteiger partial charge in [0.1, 0.15) is 5.75 Å². The van der Waals surface area contributed by atoms with E-state index in [0.29, 0.717) is 33.0 Å². The molecule has 0 bridgehead atoms. The van der Waals surface area contributed by atoms with Crippen LogP contribution in [0.4, 0.5) is 17.1 Å². The number of hydrogen-bond acceptors (Lipinski definition) is 5. The summed E-state index contributed by atoms with van der Waals surface area (Å²) in [6, 6.07) is 14.5. The van der Waals surface area contributed by atoms with Crippen LogP contribution in [0.25, 0.3) is 0 Å². The molecule has 0 saturated heterocycles. The van der Waals surface area contributed by atoms with Crippen molar-refractivity contribution in [2.45, 2.75) is 6.92 Å². The summed E-state index contributed by atoms with van der Waals surface area (Å²) in [6.45, 7) is 1.39. The van der Waals surface area contributed by atoms with E-state index < -0.39 is 11.8 Å². The highest BCUT2D eigenvalue weighted by Crippen LogP contribution is 2.28. The summed E-state index contributed by atoms with van der Waals surface area (Å²) in [5.41, 5.74) is 1.66. The van der Waals surface area contributed by atoms with E-state index in [1.165, 1.54) is 26.2 Å². The Labute approximate surface area is 180 Å². The number of methoxy groups -OCH3 is 1. The maximum absolute atomic E-state index is 12.7. The zero-order valence-corrected chi connectivity index (χ0v) is 17.7. The minimum absolute atomic E-state index is 0.135. The van der Waals surface area contributed by atoms with E-state index in [1.54, 1.807) is 42.5 Å². The fraction of sp³-hybridized carbons (Fsp3) is 0.0952. The van der Waals surface area contributed by atoms with Gasteiger partial charge in [0.05, 0.1) is 12.8 Å². The van der Waals surface area contributed by atoms with Crippen molar-refractivity contribution in [1.29, 1.82) is 0 Å². The van der Waals surface area contributed by atoms with Gasteiger partial charge < -0.3 is 25.1 Å². The number of carbonyl (C=O) groups is 3. The quantitative estimate of drug-likeness (QED) is 0.489. The molecule has 0 atom stereocenters. The fourth-order valence-electron chi connectivity index (χ4n) is 2.65. The van der Waals surface area contributed by atoms with Crippen LogP contribution in [0.15, 0.2) is 63.7 Å². The molecule has 0 aliphatic rings. The molecule has 154 valence electrons. The molecule has 0 radical (unpaired) electrons. The Morgan fingerprint density at radius 3 is 2.33 bits per heavy atom. The molecule has 3 aromatic rings. The van der Waals surface area contributed by atoms with Crippen molar-refractivity contribution in [1.82, 2.24) is 0 Å². The molecule has 3 rings (SSSR count). The predicted octanol–water partition coefficient (Wildman–Crippen LogP) is 4.51. The van der Waals surface area contributed by atoms with Gasteiger partial charge in [0.15, 0.2) is 10.4 Å². The third kappa shape index (κ3) is 5.26. The molecular formula is C21H18BrN3O5. The van der Waals surface area contributed by atoms with Gasteiger partial charge in [0.2, 0.25) is 5.91 Å². The summed E-state index contributed by atoms with van der Waals surface area (Å²) in [6.07, 6.45) is 0. The summed E-state index contributed by atoms with van der Waals surface area (Å²) in [4.78, 5) is 36.2. The molecule has 9 heteroatoms. The van der Waals surface area contributed by atoms with Crippen molar-refractivity contribution in [3.63, 3.8) is 0 Å². The molecule has 0 fully saturated rings. The normalized spacial score (nSPS) is 10.2. The van der Waals surface area contributed by atoms with Crippen LogP contribution in [-0.2, 0) is 4.79 Å². The lowest BCUT2D eigenvalue weighted by molar-refractivity contribution is -0.114. The van der Waals surface area contributed by atoms with Crippen LogP contribution in [0.5, 0.6) is 5.75 Å². The molecular weight excluding hydrogens is 454 g/mol. The summed E-state index contributed by atoms with van der Waals surface area (Å²) >= 11 is 3.14. The van der Waals surface area contributed by atoms with Crippen molar-refractivity contribution < 1.29 is 23.5 Å². The van der Waals surface area contributed by atoms with Gasteiger partial charge in [-0.1, -0.05) is 6.07 Å². The third-order valence-corrected chi connectivity index (χ3v) is 4.37. The summed E-state index contributed by atoms with van der Waals surface area (Å²) in [7, 11) is 1.48. The van der Waals surface area contributed by atoms with Gasteiger partial charge in [-0.15, -0.1) is 0 Å².